The molecule has 28 heavy (non-hydrogen) atoms. The summed E-state index contributed by atoms with van der Waals surface area (Å²) < 4.78 is 5.79. The van der Waals surface area contributed by atoms with Crippen molar-refractivity contribution in [3.05, 3.63) is 69.7 Å². The summed E-state index contributed by atoms with van der Waals surface area (Å²) >= 11 is 5.99. The van der Waals surface area contributed by atoms with Crippen LogP contribution in [0.25, 0.3) is 10.9 Å². The van der Waals surface area contributed by atoms with Crippen LogP contribution in [0.2, 0.25) is 5.02 Å². The van der Waals surface area contributed by atoms with E-state index in [-0.39, 0.29) is 5.56 Å². The lowest BCUT2D eigenvalue weighted by Crippen LogP contribution is -2.35. The summed E-state index contributed by atoms with van der Waals surface area (Å²) in [5, 5.41) is 1.29. The number of hydrogen-bond acceptors (Lipinski definition) is 4. The molecule has 0 radical (unpaired) electrons. The Morgan fingerprint density at radius 2 is 2.04 bits per heavy atom. The number of hydrogen-bond donors (Lipinski definition) is 1. The van der Waals surface area contributed by atoms with Gasteiger partial charge in [-0.15, -0.1) is 0 Å². The Labute approximate surface area is 170 Å². The Bertz CT molecular complexity index is 973. The predicted octanol–water partition coefficient (Wildman–Crippen LogP) is 4.65. The molecule has 3 rings (SSSR count). The van der Waals surface area contributed by atoms with Gasteiger partial charge >= 0.3 is 0 Å². The van der Waals surface area contributed by atoms with Gasteiger partial charge in [0.05, 0.1) is 24.1 Å². The molecule has 148 valence electrons. The molecule has 0 fully saturated rings. The van der Waals surface area contributed by atoms with E-state index in [4.69, 9.17) is 16.3 Å². The molecule has 6 heteroatoms. The van der Waals surface area contributed by atoms with Crippen LogP contribution < -0.4 is 10.3 Å². The maximum absolute atomic E-state index is 12.3. The molecular formula is C22H26ClN3O2. The van der Waals surface area contributed by atoms with E-state index in [9.17, 15) is 4.79 Å². The van der Waals surface area contributed by atoms with Crippen molar-refractivity contribution in [1.29, 1.82) is 0 Å². The van der Waals surface area contributed by atoms with Crippen LogP contribution in [-0.2, 0) is 6.54 Å². The van der Waals surface area contributed by atoms with Crippen LogP contribution in [0.3, 0.4) is 0 Å². The molecule has 0 spiro atoms. The highest BCUT2D eigenvalue weighted by Crippen LogP contribution is 2.17. The summed E-state index contributed by atoms with van der Waals surface area (Å²) in [6.07, 6.45) is 1.89. The first-order chi connectivity index (χ1) is 13.6. The molecular weight excluding hydrogens is 374 g/mol. The third-order valence-electron chi connectivity index (χ3n) is 4.88. The molecule has 1 aromatic heterocycles. The highest BCUT2D eigenvalue weighted by atomic mass is 35.5. The van der Waals surface area contributed by atoms with E-state index in [2.05, 4.69) is 28.7 Å². The second-order valence-corrected chi connectivity index (χ2v) is 7.35. The first-order valence-electron chi connectivity index (χ1n) is 9.67. The van der Waals surface area contributed by atoms with Crippen LogP contribution in [0, 0.1) is 0 Å². The molecule has 1 unspecified atom stereocenters. The minimum absolute atomic E-state index is 0.0889. The first kappa shape index (κ1) is 20.4. The molecule has 1 N–H and O–H groups in total. The number of nitrogens with zero attached hydrogens (tertiary/aromatic N) is 2. The van der Waals surface area contributed by atoms with Crippen molar-refractivity contribution in [2.24, 2.45) is 0 Å². The number of benzene rings is 2. The average Bonchev–Trinajstić information content (AvgIpc) is 2.70. The van der Waals surface area contributed by atoms with Crippen molar-refractivity contribution >= 4 is 22.5 Å². The van der Waals surface area contributed by atoms with Crippen molar-refractivity contribution in [2.45, 2.75) is 39.3 Å². The third kappa shape index (κ3) is 5.33. The van der Waals surface area contributed by atoms with Gasteiger partial charge in [-0.1, -0.05) is 36.7 Å². The van der Waals surface area contributed by atoms with Gasteiger partial charge in [-0.25, -0.2) is 4.98 Å². The molecule has 0 saturated heterocycles. The van der Waals surface area contributed by atoms with E-state index >= 15 is 0 Å². The summed E-state index contributed by atoms with van der Waals surface area (Å²) in [6.45, 7) is 6.42. The van der Waals surface area contributed by atoms with Gasteiger partial charge in [0.15, 0.2) is 0 Å². The summed E-state index contributed by atoms with van der Waals surface area (Å²) in [7, 11) is 0. The average molecular weight is 400 g/mol. The number of rotatable bonds is 9. The Morgan fingerprint density at radius 3 is 2.82 bits per heavy atom. The summed E-state index contributed by atoms with van der Waals surface area (Å²) in [5.41, 5.74) is 0.642. The zero-order chi connectivity index (χ0) is 19.9. The van der Waals surface area contributed by atoms with Crippen LogP contribution in [0.5, 0.6) is 5.75 Å². The number of halogens is 1. The van der Waals surface area contributed by atoms with Gasteiger partial charge in [-0.05, 0) is 50.1 Å². The Balaban J connectivity index is 1.63. The number of aromatic nitrogens is 2. The fourth-order valence-electron chi connectivity index (χ4n) is 3.13. The topological polar surface area (TPSA) is 58.2 Å². The van der Waals surface area contributed by atoms with Crippen molar-refractivity contribution in [3.63, 3.8) is 0 Å². The smallest absolute Gasteiger partial charge is 0.258 e. The number of H-pyrrole nitrogens is 1. The van der Waals surface area contributed by atoms with Crippen LogP contribution in [0.15, 0.2) is 53.3 Å². The number of ether oxygens (including phenoxy) is 1. The molecule has 2 aromatic carbocycles. The maximum atomic E-state index is 12.3. The highest BCUT2D eigenvalue weighted by Gasteiger charge is 2.15. The fraction of sp³-hybridized carbons (Fsp3) is 0.364. The van der Waals surface area contributed by atoms with Crippen LogP contribution in [-0.4, -0.2) is 34.1 Å². The second-order valence-electron chi connectivity index (χ2n) is 6.92. The van der Waals surface area contributed by atoms with E-state index in [0.29, 0.717) is 35.4 Å². The SMILES string of the molecule is CCC(C)N(CCCOc1cccc(Cl)c1)Cc1nc2ccccc2c(=O)[nH]1. The molecule has 0 aliphatic carbocycles. The zero-order valence-electron chi connectivity index (χ0n) is 16.3. The van der Waals surface area contributed by atoms with Gasteiger partial charge in [0.2, 0.25) is 0 Å². The van der Waals surface area contributed by atoms with Gasteiger partial charge in [-0.3, -0.25) is 9.69 Å². The molecule has 0 bridgehead atoms. The van der Waals surface area contributed by atoms with Crippen molar-refractivity contribution in [3.8, 4) is 5.75 Å². The quantitative estimate of drug-likeness (QED) is 0.532. The van der Waals surface area contributed by atoms with Gasteiger partial charge in [-0.2, -0.15) is 0 Å². The van der Waals surface area contributed by atoms with Crippen molar-refractivity contribution in [1.82, 2.24) is 14.9 Å². The monoisotopic (exact) mass is 399 g/mol. The zero-order valence-corrected chi connectivity index (χ0v) is 17.1. The molecule has 0 amide bonds. The Kier molecular flexibility index (Phi) is 7.06. The van der Waals surface area contributed by atoms with E-state index in [1.54, 1.807) is 6.07 Å². The number of para-hydroxylation sites is 1. The number of nitrogens with one attached hydrogen (secondary N) is 1. The van der Waals surface area contributed by atoms with E-state index in [1.165, 1.54) is 0 Å². The van der Waals surface area contributed by atoms with Crippen molar-refractivity contribution in [2.75, 3.05) is 13.2 Å². The molecule has 1 heterocycles. The van der Waals surface area contributed by atoms with Gasteiger partial charge < -0.3 is 9.72 Å². The molecule has 1 atom stereocenters. The first-order valence-corrected chi connectivity index (χ1v) is 10.0. The standard InChI is InChI=1S/C22H26ClN3O2/c1-3-16(2)26(12-7-13-28-18-9-6-8-17(23)14-18)15-21-24-20-11-5-4-10-19(20)22(27)25-21/h4-6,8-11,14,16H,3,7,12-13,15H2,1-2H3,(H,24,25,27). The molecule has 0 aliphatic heterocycles. The molecule has 3 aromatic rings. The van der Waals surface area contributed by atoms with E-state index in [0.717, 1.165) is 30.7 Å². The number of fused-ring (bicyclic) bond motifs is 1. The molecule has 0 saturated carbocycles. The fourth-order valence-corrected chi connectivity index (χ4v) is 3.31. The minimum Gasteiger partial charge on any atom is -0.493 e. The van der Waals surface area contributed by atoms with Crippen LogP contribution >= 0.6 is 11.6 Å². The largest absolute Gasteiger partial charge is 0.493 e. The van der Waals surface area contributed by atoms with Crippen LogP contribution in [0.1, 0.15) is 32.5 Å². The molecule has 0 aliphatic rings. The predicted molar refractivity (Wildman–Crippen MR) is 114 cm³/mol. The summed E-state index contributed by atoms with van der Waals surface area (Å²) in [6, 6.07) is 15.2. The van der Waals surface area contributed by atoms with Crippen molar-refractivity contribution < 1.29 is 4.74 Å². The Morgan fingerprint density at radius 1 is 1.21 bits per heavy atom. The summed E-state index contributed by atoms with van der Waals surface area (Å²) in [4.78, 5) is 22.2. The minimum atomic E-state index is -0.0889. The van der Waals surface area contributed by atoms with Gasteiger partial charge in [0.1, 0.15) is 11.6 Å². The highest BCUT2D eigenvalue weighted by molar-refractivity contribution is 6.30. The maximum Gasteiger partial charge on any atom is 0.258 e. The van der Waals surface area contributed by atoms with Crippen LogP contribution in [0.4, 0.5) is 0 Å². The van der Waals surface area contributed by atoms with Gasteiger partial charge in [0.25, 0.3) is 5.56 Å². The number of aromatic amines is 1. The summed E-state index contributed by atoms with van der Waals surface area (Å²) in [5.74, 6) is 1.47. The second kappa shape index (κ2) is 9.71. The Hall–Kier alpha value is -2.37. The lowest BCUT2D eigenvalue weighted by Gasteiger charge is -2.28. The lowest BCUT2D eigenvalue weighted by molar-refractivity contribution is 0.173. The van der Waals surface area contributed by atoms with Gasteiger partial charge in [0, 0.05) is 17.6 Å². The molecule has 5 nitrogen and oxygen atoms in total. The van der Waals surface area contributed by atoms with E-state index in [1.807, 2.05) is 42.5 Å². The normalized spacial score (nSPS) is 12.4. The third-order valence-corrected chi connectivity index (χ3v) is 5.12. The lowest BCUT2D eigenvalue weighted by atomic mass is 10.2. The van der Waals surface area contributed by atoms with E-state index < -0.39 is 0 Å².